The van der Waals surface area contributed by atoms with Gasteiger partial charge in [0, 0.05) is 11.8 Å². The average molecular weight is 334 g/mol. The quantitative estimate of drug-likeness (QED) is 0.816. The first-order chi connectivity index (χ1) is 8.24. The van der Waals surface area contributed by atoms with Gasteiger partial charge in [-0.25, -0.2) is 0 Å². The van der Waals surface area contributed by atoms with E-state index < -0.39 is 0 Å². The first kappa shape index (κ1) is 13.4. The predicted octanol–water partition coefficient (Wildman–Crippen LogP) is 4.28. The van der Waals surface area contributed by atoms with Crippen molar-refractivity contribution in [1.82, 2.24) is 10.2 Å². The molecule has 17 heavy (non-hydrogen) atoms. The Morgan fingerprint density at radius 2 is 2.18 bits per heavy atom. The van der Waals surface area contributed by atoms with Crippen molar-refractivity contribution in [2.45, 2.75) is 42.5 Å². The molecular formula is C11H16BrN3S2. The van der Waals surface area contributed by atoms with E-state index in [2.05, 4.69) is 38.0 Å². The minimum absolute atomic E-state index is 0.598. The van der Waals surface area contributed by atoms with Gasteiger partial charge in [0.05, 0.1) is 0 Å². The second-order valence-corrected chi connectivity index (χ2v) is 7.48. The summed E-state index contributed by atoms with van der Waals surface area (Å²) in [4.78, 5) is 0. The lowest BCUT2D eigenvalue weighted by Crippen LogP contribution is -2.21. The lowest BCUT2D eigenvalue weighted by atomic mass is 9.96. The van der Waals surface area contributed by atoms with Crippen LogP contribution in [0.1, 0.15) is 32.1 Å². The van der Waals surface area contributed by atoms with Gasteiger partial charge in [0.25, 0.3) is 0 Å². The Morgan fingerprint density at radius 1 is 1.41 bits per heavy atom. The highest BCUT2D eigenvalue weighted by Crippen LogP contribution is 2.29. The molecule has 1 heterocycles. The zero-order chi connectivity index (χ0) is 12.1. The van der Waals surface area contributed by atoms with Crippen LogP contribution in [0.4, 0.5) is 5.13 Å². The minimum Gasteiger partial charge on any atom is -0.357 e. The second-order valence-electron chi connectivity index (χ2n) is 4.16. The maximum absolute atomic E-state index is 4.18. The van der Waals surface area contributed by atoms with E-state index in [0.29, 0.717) is 6.04 Å². The van der Waals surface area contributed by atoms with Crippen molar-refractivity contribution < 1.29 is 0 Å². The molecule has 0 radical (unpaired) electrons. The van der Waals surface area contributed by atoms with E-state index >= 15 is 0 Å². The summed E-state index contributed by atoms with van der Waals surface area (Å²) in [6.45, 7) is 3.81. The molecule has 0 amide bonds. The molecule has 0 spiro atoms. The van der Waals surface area contributed by atoms with Crippen LogP contribution >= 0.6 is 39.0 Å². The summed E-state index contributed by atoms with van der Waals surface area (Å²) in [7, 11) is 0. The lowest BCUT2D eigenvalue weighted by Gasteiger charge is -2.21. The molecule has 2 rings (SSSR count). The molecule has 6 heteroatoms. The van der Waals surface area contributed by atoms with E-state index in [-0.39, 0.29) is 0 Å². The van der Waals surface area contributed by atoms with E-state index in [1.807, 2.05) is 0 Å². The Kier molecular flexibility index (Phi) is 5.31. The highest BCUT2D eigenvalue weighted by Gasteiger charge is 2.15. The molecule has 1 aliphatic rings. The molecule has 94 valence electrons. The fourth-order valence-corrected chi connectivity index (χ4v) is 3.81. The van der Waals surface area contributed by atoms with Gasteiger partial charge < -0.3 is 5.32 Å². The molecule has 1 aromatic rings. The molecule has 1 saturated carbocycles. The summed E-state index contributed by atoms with van der Waals surface area (Å²) in [5.74, 6) is 0.845. The number of anilines is 1. The number of aromatic nitrogens is 2. The van der Waals surface area contributed by atoms with Gasteiger partial charge in [-0.3, -0.25) is 0 Å². The average Bonchev–Trinajstić information content (AvgIpc) is 2.75. The largest absolute Gasteiger partial charge is 0.357 e. The lowest BCUT2D eigenvalue weighted by molar-refractivity contribution is 0.462. The monoisotopic (exact) mass is 333 g/mol. The van der Waals surface area contributed by atoms with Crippen LogP contribution in [0.5, 0.6) is 0 Å². The number of thioether (sulfide) groups is 1. The topological polar surface area (TPSA) is 37.8 Å². The third kappa shape index (κ3) is 4.60. The first-order valence-electron chi connectivity index (χ1n) is 5.80. The SMILES string of the molecule is C=C(Br)CSc1nnc(NC2CCCCC2)s1. The van der Waals surface area contributed by atoms with Gasteiger partial charge in [-0.2, -0.15) is 0 Å². The number of rotatable bonds is 5. The van der Waals surface area contributed by atoms with Gasteiger partial charge in [-0.1, -0.05) is 64.9 Å². The number of hydrogen-bond donors (Lipinski definition) is 1. The molecule has 1 aliphatic carbocycles. The molecular weight excluding hydrogens is 318 g/mol. The van der Waals surface area contributed by atoms with Crippen LogP contribution in [0.25, 0.3) is 0 Å². The highest BCUT2D eigenvalue weighted by atomic mass is 79.9. The van der Waals surface area contributed by atoms with Crippen LogP contribution in [-0.4, -0.2) is 22.0 Å². The zero-order valence-electron chi connectivity index (χ0n) is 9.62. The van der Waals surface area contributed by atoms with Gasteiger partial charge in [0.15, 0.2) is 4.34 Å². The Morgan fingerprint density at radius 3 is 2.88 bits per heavy atom. The van der Waals surface area contributed by atoms with Crippen molar-refractivity contribution in [3.05, 3.63) is 11.1 Å². The fraction of sp³-hybridized carbons (Fsp3) is 0.636. The van der Waals surface area contributed by atoms with E-state index in [0.717, 1.165) is 19.7 Å². The van der Waals surface area contributed by atoms with Gasteiger partial charge in [-0.15, -0.1) is 10.2 Å². The standard InChI is InChI=1S/C11H16BrN3S2/c1-8(12)7-16-11-15-14-10(17-11)13-9-5-3-2-4-6-9/h9H,1-7H2,(H,13,14). The van der Waals surface area contributed by atoms with Crippen molar-refractivity contribution in [2.24, 2.45) is 0 Å². The van der Waals surface area contributed by atoms with Crippen molar-refractivity contribution in [2.75, 3.05) is 11.1 Å². The first-order valence-corrected chi connectivity index (χ1v) is 8.39. The molecule has 0 unspecified atom stereocenters. The maximum Gasteiger partial charge on any atom is 0.206 e. The molecule has 0 aromatic carbocycles. The molecule has 1 N–H and O–H groups in total. The third-order valence-electron chi connectivity index (χ3n) is 2.69. The fourth-order valence-electron chi connectivity index (χ4n) is 1.89. The Hall–Kier alpha value is -0.0700. The number of nitrogens with one attached hydrogen (secondary N) is 1. The summed E-state index contributed by atoms with van der Waals surface area (Å²) in [6, 6.07) is 0.598. The Bertz CT molecular complexity index is 375. The molecule has 3 nitrogen and oxygen atoms in total. The summed E-state index contributed by atoms with van der Waals surface area (Å²) < 4.78 is 1.99. The molecule has 0 bridgehead atoms. The van der Waals surface area contributed by atoms with Gasteiger partial charge >= 0.3 is 0 Å². The van der Waals surface area contributed by atoms with Crippen LogP contribution in [0.3, 0.4) is 0 Å². The minimum atomic E-state index is 0.598. The predicted molar refractivity (Wildman–Crippen MR) is 79.2 cm³/mol. The Balaban J connectivity index is 1.82. The van der Waals surface area contributed by atoms with E-state index in [1.165, 1.54) is 32.1 Å². The number of nitrogens with zero attached hydrogens (tertiary/aromatic N) is 2. The summed E-state index contributed by atoms with van der Waals surface area (Å²) in [5, 5.41) is 12.8. The molecule has 0 atom stereocenters. The van der Waals surface area contributed by atoms with E-state index in [9.17, 15) is 0 Å². The normalized spacial score (nSPS) is 17.0. The van der Waals surface area contributed by atoms with Crippen LogP contribution in [-0.2, 0) is 0 Å². The van der Waals surface area contributed by atoms with E-state index in [1.54, 1.807) is 23.1 Å². The highest BCUT2D eigenvalue weighted by molar-refractivity contribution is 9.11. The second kappa shape index (κ2) is 6.75. The molecule has 0 aliphatic heterocycles. The summed E-state index contributed by atoms with van der Waals surface area (Å²) >= 11 is 6.65. The molecule has 0 saturated heterocycles. The molecule has 1 fully saturated rings. The smallest absolute Gasteiger partial charge is 0.206 e. The van der Waals surface area contributed by atoms with Crippen LogP contribution in [0, 0.1) is 0 Å². The number of hydrogen-bond acceptors (Lipinski definition) is 5. The third-order valence-corrected chi connectivity index (χ3v) is 5.42. The summed E-state index contributed by atoms with van der Waals surface area (Å²) in [6.07, 6.45) is 6.58. The zero-order valence-corrected chi connectivity index (χ0v) is 12.8. The van der Waals surface area contributed by atoms with E-state index in [4.69, 9.17) is 0 Å². The van der Waals surface area contributed by atoms with Crippen LogP contribution in [0.15, 0.2) is 15.4 Å². The van der Waals surface area contributed by atoms with Crippen molar-refractivity contribution >= 4 is 44.2 Å². The van der Waals surface area contributed by atoms with Gasteiger partial charge in [-0.05, 0) is 17.3 Å². The Labute approximate surface area is 119 Å². The van der Waals surface area contributed by atoms with Crippen LogP contribution < -0.4 is 5.32 Å². The number of halogens is 1. The van der Waals surface area contributed by atoms with Crippen molar-refractivity contribution in [3.63, 3.8) is 0 Å². The van der Waals surface area contributed by atoms with Gasteiger partial charge in [0.2, 0.25) is 5.13 Å². The summed E-state index contributed by atoms with van der Waals surface area (Å²) in [5.41, 5.74) is 0. The van der Waals surface area contributed by atoms with Gasteiger partial charge in [0.1, 0.15) is 0 Å². The van der Waals surface area contributed by atoms with Crippen molar-refractivity contribution in [1.29, 1.82) is 0 Å². The van der Waals surface area contributed by atoms with Crippen LogP contribution in [0.2, 0.25) is 0 Å². The molecule has 1 aromatic heterocycles. The van der Waals surface area contributed by atoms with Crippen molar-refractivity contribution in [3.8, 4) is 0 Å². The maximum atomic E-state index is 4.18.